The van der Waals surface area contributed by atoms with Crippen LogP contribution in [0, 0.1) is 5.92 Å². The van der Waals surface area contributed by atoms with E-state index in [0.717, 1.165) is 12.8 Å². The third kappa shape index (κ3) is 4.65. The number of methoxy groups -OCH3 is 1. The van der Waals surface area contributed by atoms with E-state index in [1.54, 1.807) is 7.11 Å². The third-order valence-electron chi connectivity index (χ3n) is 2.11. The number of halogens is 1. The number of ether oxygens (including phenoxy) is 1. The summed E-state index contributed by atoms with van der Waals surface area (Å²) in [6.45, 7) is 6.37. The first kappa shape index (κ1) is 11.2. The molecule has 0 aliphatic heterocycles. The van der Waals surface area contributed by atoms with E-state index in [9.17, 15) is 0 Å². The van der Waals surface area contributed by atoms with Crippen LogP contribution in [0.3, 0.4) is 0 Å². The summed E-state index contributed by atoms with van der Waals surface area (Å²) >= 11 is 6.06. The molecule has 0 bridgehead atoms. The maximum Gasteiger partial charge on any atom is 0.0546 e. The average molecular weight is 179 g/mol. The van der Waals surface area contributed by atoms with Crippen LogP contribution in [0.4, 0.5) is 0 Å². The standard InChI is InChI=1S/C9H19ClO/c1-5-9(10)7(2)6-8(3)11-4/h7-9H,5-6H2,1-4H3. The lowest BCUT2D eigenvalue weighted by Gasteiger charge is -2.19. The van der Waals surface area contributed by atoms with Crippen LogP contribution < -0.4 is 0 Å². The van der Waals surface area contributed by atoms with Crippen LogP contribution in [-0.2, 0) is 4.74 Å². The van der Waals surface area contributed by atoms with Crippen molar-refractivity contribution in [3.05, 3.63) is 0 Å². The molecule has 3 unspecified atom stereocenters. The molecule has 0 rings (SSSR count). The molecule has 11 heavy (non-hydrogen) atoms. The second kappa shape index (κ2) is 5.84. The summed E-state index contributed by atoms with van der Waals surface area (Å²) in [5.74, 6) is 0.552. The van der Waals surface area contributed by atoms with Gasteiger partial charge in [0.15, 0.2) is 0 Å². The van der Waals surface area contributed by atoms with E-state index < -0.39 is 0 Å². The van der Waals surface area contributed by atoms with E-state index in [4.69, 9.17) is 16.3 Å². The van der Waals surface area contributed by atoms with Gasteiger partial charge in [0, 0.05) is 12.5 Å². The van der Waals surface area contributed by atoms with Crippen LogP contribution in [-0.4, -0.2) is 18.6 Å². The van der Waals surface area contributed by atoms with Gasteiger partial charge in [-0.2, -0.15) is 0 Å². The molecule has 3 atom stereocenters. The van der Waals surface area contributed by atoms with Crippen LogP contribution in [0.5, 0.6) is 0 Å². The molecule has 0 heterocycles. The Morgan fingerprint density at radius 3 is 2.27 bits per heavy atom. The van der Waals surface area contributed by atoms with Crippen LogP contribution in [0.25, 0.3) is 0 Å². The minimum Gasteiger partial charge on any atom is -0.382 e. The minimum atomic E-state index is 0.299. The number of hydrogen-bond acceptors (Lipinski definition) is 1. The molecule has 68 valence electrons. The van der Waals surface area contributed by atoms with Crippen molar-refractivity contribution in [2.75, 3.05) is 7.11 Å². The zero-order valence-corrected chi connectivity index (χ0v) is 8.69. The molecule has 0 spiro atoms. The predicted octanol–water partition coefficient (Wildman–Crippen LogP) is 3.06. The Balaban J connectivity index is 3.58. The van der Waals surface area contributed by atoms with Crippen molar-refractivity contribution in [3.63, 3.8) is 0 Å². The van der Waals surface area contributed by atoms with Crippen LogP contribution >= 0.6 is 11.6 Å². The Bertz CT molecular complexity index is 95.6. The topological polar surface area (TPSA) is 9.23 Å². The van der Waals surface area contributed by atoms with Crippen molar-refractivity contribution in [1.82, 2.24) is 0 Å². The molecule has 2 heteroatoms. The van der Waals surface area contributed by atoms with Gasteiger partial charge in [0.25, 0.3) is 0 Å². The third-order valence-corrected chi connectivity index (χ3v) is 2.85. The van der Waals surface area contributed by atoms with Crippen molar-refractivity contribution < 1.29 is 4.74 Å². The molecule has 0 fully saturated rings. The normalized spacial score (nSPS) is 19.4. The van der Waals surface area contributed by atoms with Crippen molar-refractivity contribution in [2.24, 2.45) is 5.92 Å². The average Bonchev–Trinajstić information content (AvgIpc) is 2.02. The Labute approximate surface area is 75.1 Å². The highest BCUT2D eigenvalue weighted by Gasteiger charge is 2.14. The van der Waals surface area contributed by atoms with E-state index in [1.807, 2.05) is 0 Å². The van der Waals surface area contributed by atoms with E-state index in [2.05, 4.69) is 20.8 Å². The van der Waals surface area contributed by atoms with Gasteiger partial charge in [0.05, 0.1) is 6.10 Å². The molecule has 1 nitrogen and oxygen atoms in total. The smallest absolute Gasteiger partial charge is 0.0546 e. The first-order valence-corrected chi connectivity index (χ1v) is 4.72. The SMILES string of the molecule is CCC(Cl)C(C)CC(C)OC. The largest absolute Gasteiger partial charge is 0.382 e. The Kier molecular flexibility index (Phi) is 5.98. The van der Waals surface area contributed by atoms with Crippen LogP contribution in [0.2, 0.25) is 0 Å². The van der Waals surface area contributed by atoms with E-state index in [0.29, 0.717) is 17.4 Å². The molecule has 0 aliphatic carbocycles. The molecule has 0 saturated heterocycles. The van der Waals surface area contributed by atoms with Gasteiger partial charge in [-0.1, -0.05) is 13.8 Å². The van der Waals surface area contributed by atoms with Crippen LogP contribution in [0.15, 0.2) is 0 Å². The Morgan fingerprint density at radius 2 is 1.91 bits per heavy atom. The van der Waals surface area contributed by atoms with Gasteiger partial charge in [-0.05, 0) is 25.7 Å². The molecule has 0 radical (unpaired) electrons. The highest BCUT2D eigenvalue weighted by Crippen LogP contribution is 2.19. The zero-order chi connectivity index (χ0) is 8.85. The summed E-state index contributed by atoms with van der Waals surface area (Å²) in [5, 5.41) is 0.299. The van der Waals surface area contributed by atoms with Crippen molar-refractivity contribution in [1.29, 1.82) is 0 Å². The van der Waals surface area contributed by atoms with E-state index >= 15 is 0 Å². The fourth-order valence-corrected chi connectivity index (χ4v) is 1.27. The molecule has 0 aromatic rings. The van der Waals surface area contributed by atoms with E-state index in [1.165, 1.54) is 0 Å². The number of alkyl halides is 1. The molecular weight excluding hydrogens is 160 g/mol. The zero-order valence-electron chi connectivity index (χ0n) is 7.93. The summed E-state index contributed by atoms with van der Waals surface area (Å²) in [6.07, 6.45) is 2.43. The van der Waals surface area contributed by atoms with Crippen molar-refractivity contribution in [3.8, 4) is 0 Å². The Hall–Kier alpha value is 0.250. The highest BCUT2D eigenvalue weighted by molar-refractivity contribution is 6.20. The van der Waals surface area contributed by atoms with Gasteiger partial charge < -0.3 is 4.74 Å². The molecule has 0 aromatic carbocycles. The second-order valence-corrected chi connectivity index (χ2v) is 3.74. The lowest BCUT2D eigenvalue weighted by Crippen LogP contribution is -2.17. The quantitative estimate of drug-likeness (QED) is 0.588. The second-order valence-electron chi connectivity index (χ2n) is 3.18. The molecular formula is C9H19ClO. The van der Waals surface area contributed by atoms with Gasteiger partial charge in [-0.25, -0.2) is 0 Å². The molecule has 0 N–H and O–H groups in total. The van der Waals surface area contributed by atoms with Crippen molar-refractivity contribution >= 4 is 11.6 Å². The molecule has 0 aliphatic rings. The predicted molar refractivity (Wildman–Crippen MR) is 50.2 cm³/mol. The lowest BCUT2D eigenvalue weighted by atomic mass is 9.99. The summed E-state index contributed by atoms with van der Waals surface area (Å²) in [7, 11) is 1.74. The van der Waals surface area contributed by atoms with Gasteiger partial charge >= 0.3 is 0 Å². The van der Waals surface area contributed by atoms with Gasteiger partial charge in [-0.3, -0.25) is 0 Å². The molecule has 0 saturated carbocycles. The number of hydrogen-bond donors (Lipinski definition) is 0. The van der Waals surface area contributed by atoms with Crippen LogP contribution in [0.1, 0.15) is 33.6 Å². The Morgan fingerprint density at radius 1 is 1.36 bits per heavy atom. The summed E-state index contributed by atoms with van der Waals surface area (Å²) in [5.41, 5.74) is 0. The first-order valence-electron chi connectivity index (χ1n) is 4.28. The fraction of sp³-hybridized carbons (Fsp3) is 1.00. The lowest BCUT2D eigenvalue weighted by molar-refractivity contribution is 0.0965. The molecule has 0 aromatic heterocycles. The van der Waals surface area contributed by atoms with Gasteiger partial charge in [0.2, 0.25) is 0 Å². The summed E-state index contributed by atoms with van der Waals surface area (Å²) in [6, 6.07) is 0. The first-order chi connectivity index (χ1) is 5.11. The monoisotopic (exact) mass is 178 g/mol. The summed E-state index contributed by atoms with van der Waals surface area (Å²) < 4.78 is 5.16. The van der Waals surface area contributed by atoms with Gasteiger partial charge in [0.1, 0.15) is 0 Å². The highest BCUT2D eigenvalue weighted by atomic mass is 35.5. The molecule has 0 amide bonds. The van der Waals surface area contributed by atoms with Gasteiger partial charge in [-0.15, -0.1) is 11.6 Å². The minimum absolute atomic E-state index is 0.299. The maximum atomic E-state index is 6.06. The van der Waals surface area contributed by atoms with Crippen molar-refractivity contribution in [2.45, 2.75) is 45.1 Å². The maximum absolute atomic E-state index is 6.06. The fourth-order valence-electron chi connectivity index (χ4n) is 1.17. The number of rotatable bonds is 5. The van der Waals surface area contributed by atoms with E-state index in [-0.39, 0.29) is 0 Å². The summed E-state index contributed by atoms with van der Waals surface area (Å²) in [4.78, 5) is 0.